The van der Waals surface area contributed by atoms with Crippen molar-refractivity contribution < 1.29 is 41.0 Å². The second-order valence-electron chi connectivity index (χ2n) is 1.72. The van der Waals surface area contributed by atoms with Gasteiger partial charge in [0, 0.05) is 0 Å². The van der Waals surface area contributed by atoms with Crippen molar-refractivity contribution in [1.29, 1.82) is 5.26 Å². The summed E-state index contributed by atoms with van der Waals surface area (Å²) in [5.41, 5.74) is 1.97. The minimum atomic E-state index is 0. The summed E-state index contributed by atoms with van der Waals surface area (Å²) in [6, 6.07) is 11.2. The van der Waals surface area contributed by atoms with Crippen molar-refractivity contribution in [2.24, 2.45) is 0 Å². The zero-order valence-electron chi connectivity index (χ0n) is 8.27. The van der Waals surface area contributed by atoms with E-state index in [0.29, 0.717) is 5.56 Å². The van der Waals surface area contributed by atoms with Crippen LogP contribution in [0.1, 0.15) is 6.99 Å². The van der Waals surface area contributed by atoms with E-state index in [4.69, 9.17) is 15.3 Å². The van der Waals surface area contributed by atoms with Crippen molar-refractivity contribution in [3.05, 3.63) is 35.9 Å². The molecule has 0 fully saturated rings. The van der Waals surface area contributed by atoms with Crippen molar-refractivity contribution in [2.45, 2.75) is 0 Å². The smallest absolute Gasteiger partial charge is 1.00 e. The number of hydrogen-bond donors (Lipinski definition) is 2. The van der Waals surface area contributed by atoms with Crippen LogP contribution in [0.25, 0.3) is 0 Å². The summed E-state index contributed by atoms with van der Waals surface area (Å²) in [6.45, 7) is 0. The van der Waals surface area contributed by atoms with Gasteiger partial charge in [0.25, 0.3) is 0 Å². The van der Waals surface area contributed by atoms with E-state index in [-0.39, 0.29) is 37.4 Å². The molecule has 0 aliphatic carbocycles. The number of hydrogen-bond acceptors (Lipinski definition) is 3. The van der Waals surface area contributed by atoms with Crippen LogP contribution in [0.5, 0.6) is 0 Å². The Bertz CT molecular complexity index is 264. The summed E-state index contributed by atoms with van der Waals surface area (Å²) >= 11 is 0. The number of hydroxylamine groups is 1. The second-order valence-corrected chi connectivity index (χ2v) is 1.72. The first kappa shape index (κ1) is 14.7. The van der Waals surface area contributed by atoms with Gasteiger partial charge in [-0.25, -0.2) is 5.48 Å². The number of amides is 1. The molecule has 0 unspecified atom stereocenters. The molecule has 0 heterocycles. The van der Waals surface area contributed by atoms with Crippen LogP contribution < -0.4 is 35.0 Å². The van der Waals surface area contributed by atoms with Crippen LogP contribution in [0.4, 0.5) is 0 Å². The maximum atomic E-state index is 8.81. The molecular weight excluding hydrogens is 179 g/mol. The minimum absolute atomic E-state index is 0. The Kier molecular flexibility index (Phi) is 12.6. The zero-order valence-corrected chi connectivity index (χ0v) is 9.27. The van der Waals surface area contributed by atoms with E-state index in [0.717, 1.165) is 0 Å². The van der Waals surface area contributed by atoms with Gasteiger partial charge in [0.1, 0.15) is 0 Å². The standard InChI is InChI=1S/C7H5N.CH3NO2.Na.H/c8-6-7-4-2-1-3-5-7;3-1-2-4;;/h1-5H;1,4H,(H,2,3);;/q;;+1;-1. The van der Waals surface area contributed by atoms with E-state index >= 15 is 0 Å². The van der Waals surface area contributed by atoms with Gasteiger partial charge in [0.2, 0.25) is 6.41 Å². The first-order valence-corrected chi connectivity index (χ1v) is 3.13. The molecule has 0 saturated carbocycles. The van der Waals surface area contributed by atoms with Crippen LogP contribution in [0.3, 0.4) is 0 Å². The average molecular weight is 188 g/mol. The molecule has 64 valence electrons. The normalized spacial score (nSPS) is 6.46. The molecule has 13 heavy (non-hydrogen) atoms. The summed E-state index contributed by atoms with van der Waals surface area (Å²) in [5, 5.41) is 15.5. The molecule has 0 saturated heterocycles. The Hall–Kier alpha value is -0.860. The van der Waals surface area contributed by atoms with E-state index in [1.165, 1.54) is 5.48 Å². The van der Waals surface area contributed by atoms with Crippen molar-refractivity contribution in [3.8, 4) is 6.07 Å². The summed E-state index contributed by atoms with van der Waals surface area (Å²) in [6.07, 6.45) is 0.181. The maximum absolute atomic E-state index is 8.81. The summed E-state index contributed by atoms with van der Waals surface area (Å²) in [5.74, 6) is 0. The van der Waals surface area contributed by atoms with Crippen LogP contribution in [0, 0.1) is 11.3 Å². The molecule has 1 amide bonds. The van der Waals surface area contributed by atoms with E-state index in [1.807, 2.05) is 24.3 Å². The van der Waals surface area contributed by atoms with Gasteiger partial charge in [0.05, 0.1) is 11.6 Å². The number of benzene rings is 1. The maximum Gasteiger partial charge on any atom is 1.00 e. The SMILES string of the molecule is N#Cc1ccccc1.O=CNO.[H-].[Na+]. The zero-order chi connectivity index (χ0) is 9.23. The molecule has 1 aromatic carbocycles. The molecular formula is C8H9N2NaO2. The van der Waals surface area contributed by atoms with Gasteiger partial charge in [-0.05, 0) is 12.1 Å². The Labute approximate surface area is 99.9 Å². The van der Waals surface area contributed by atoms with Crippen LogP contribution in [-0.4, -0.2) is 11.6 Å². The van der Waals surface area contributed by atoms with Crippen molar-refractivity contribution in [2.75, 3.05) is 0 Å². The number of nitriles is 1. The van der Waals surface area contributed by atoms with E-state index in [9.17, 15) is 0 Å². The van der Waals surface area contributed by atoms with Crippen LogP contribution in [0.2, 0.25) is 0 Å². The molecule has 0 bridgehead atoms. The quantitative estimate of drug-likeness (QED) is 0.227. The molecule has 1 rings (SSSR count). The molecule has 1 aromatic rings. The minimum Gasteiger partial charge on any atom is -1.00 e. The molecule has 0 aromatic heterocycles. The van der Waals surface area contributed by atoms with Crippen LogP contribution in [0.15, 0.2) is 30.3 Å². The second kappa shape index (κ2) is 11.1. The summed E-state index contributed by atoms with van der Waals surface area (Å²) < 4.78 is 0. The molecule has 0 radical (unpaired) electrons. The number of carbonyl (C=O) groups is 1. The molecule has 0 spiro atoms. The number of rotatable bonds is 1. The third kappa shape index (κ3) is 9.05. The largest absolute Gasteiger partial charge is 1.00 e. The monoisotopic (exact) mass is 188 g/mol. The average Bonchev–Trinajstić information content (AvgIpc) is 2.19. The summed E-state index contributed by atoms with van der Waals surface area (Å²) in [7, 11) is 0. The van der Waals surface area contributed by atoms with E-state index in [2.05, 4.69) is 0 Å². The van der Waals surface area contributed by atoms with Crippen molar-refractivity contribution >= 4 is 6.41 Å². The van der Waals surface area contributed by atoms with Gasteiger partial charge in [-0.1, -0.05) is 18.2 Å². The summed E-state index contributed by atoms with van der Waals surface area (Å²) in [4.78, 5) is 8.81. The number of nitrogens with zero attached hydrogens (tertiary/aromatic N) is 1. The molecule has 0 atom stereocenters. The Morgan fingerprint density at radius 3 is 2.15 bits per heavy atom. The number of nitrogens with one attached hydrogen (secondary N) is 1. The Morgan fingerprint density at radius 2 is 1.92 bits per heavy atom. The van der Waals surface area contributed by atoms with E-state index < -0.39 is 0 Å². The fourth-order valence-electron chi connectivity index (χ4n) is 0.513. The van der Waals surface area contributed by atoms with E-state index in [1.54, 1.807) is 12.1 Å². The molecule has 5 heteroatoms. The first-order chi connectivity index (χ1) is 5.85. The van der Waals surface area contributed by atoms with Crippen molar-refractivity contribution in [1.82, 2.24) is 5.48 Å². The Balaban J connectivity index is -0.000000180. The van der Waals surface area contributed by atoms with Crippen LogP contribution >= 0.6 is 0 Å². The first-order valence-electron chi connectivity index (χ1n) is 3.13. The predicted octanol–water partition coefficient (Wildman–Crippen LogP) is -2.20. The van der Waals surface area contributed by atoms with Crippen molar-refractivity contribution in [3.63, 3.8) is 0 Å². The van der Waals surface area contributed by atoms with Gasteiger partial charge in [0.15, 0.2) is 0 Å². The predicted molar refractivity (Wildman–Crippen MR) is 43.3 cm³/mol. The molecule has 0 aliphatic heterocycles. The van der Waals surface area contributed by atoms with Gasteiger partial charge in [-0.15, -0.1) is 0 Å². The van der Waals surface area contributed by atoms with Gasteiger partial charge in [-0.3, -0.25) is 10.0 Å². The number of carbonyl (C=O) groups excluding carboxylic acids is 1. The fraction of sp³-hybridized carbons (Fsp3) is 0. The third-order valence-electron chi connectivity index (χ3n) is 0.956. The molecule has 4 nitrogen and oxygen atoms in total. The molecule has 0 aliphatic rings. The van der Waals surface area contributed by atoms with Gasteiger partial charge < -0.3 is 1.43 Å². The third-order valence-corrected chi connectivity index (χ3v) is 0.956. The Morgan fingerprint density at radius 1 is 1.46 bits per heavy atom. The fourth-order valence-corrected chi connectivity index (χ4v) is 0.513. The van der Waals surface area contributed by atoms with Crippen LogP contribution in [-0.2, 0) is 4.79 Å². The topological polar surface area (TPSA) is 73.1 Å². The molecule has 2 N–H and O–H groups in total. The van der Waals surface area contributed by atoms with Gasteiger partial charge in [-0.2, -0.15) is 5.26 Å². The van der Waals surface area contributed by atoms with Gasteiger partial charge >= 0.3 is 29.6 Å².